The quantitative estimate of drug-likeness (QED) is 0.334. The topological polar surface area (TPSA) is 79.3 Å². The zero-order chi connectivity index (χ0) is 25.7. The number of aliphatic carboxylic acids is 1. The molecule has 1 N–H and O–H groups in total. The molecule has 0 spiro atoms. The van der Waals surface area contributed by atoms with Gasteiger partial charge in [0.15, 0.2) is 0 Å². The minimum absolute atomic E-state index is 0.0284. The average Bonchev–Trinajstić information content (AvgIpc) is 3.11. The fourth-order valence-electron chi connectivity index (χ4n) is 3.83. The van der Waals surface area contributed by atoms with Crippen molar-refractivity contribution in [1.29, 1.82) is 0 Å². The molecule has 0 aliphatic carbocycles. The van der Waals surface area contributed by atoms with Gasteiger partial charge < -0.3 is 14.6 Å². The molecule has 190 valence electrons. The van der Waals surface area contributed by atoms with E-state index in [0.717, 1.165) is 42.5 Å². The predicted molar refractivity (Wildman–Crippen MR) is 147 cm³/mol. The highest BCUT2D eigenvalue weighted by Crippen LogP contribution is 2.37. The summed E-state index contributed by atoms with van der Waals surface area (Å²) in [6.07, 6.45) is 1.55. The SMILES string of the molecule is O=C(O)CCN1C(=O)C(=Cc2cc(-c3ccc(Cl)cc3Cl)ccc2OCCN2CCOCC2)SC1=S. The molecule has 2 fully saturated rings. The number of carboxylic acid groups (broad SMARTS) is 1. The first kappa shape index (κ1) is 26.9. The number of nitrogens with zero attached hydrogens (tertiary/aromatic N) is 2. The summed E-state index contributed by atoms with van der Waals surface area (Å²) in [6, 6.07) is 11.0. The van der Waals surface area contributed by atoms with Crippen molar-refractivity contribution < 1.29 is 24.2 Å². The summed E-state index contributed by atoms with van der Waals surface area (Å²) < 4.78 is 11.9. The zero-order valence-corrected chi connectivity index (χ0v) is 22.4. The summed E-state index contributed by atoms with van der Waals surface area (Å²) in [5.74, 6) is -0.690. The van der Waals surface area contributed by atoms with E-state index in [4.69, 9.17) is 50.0 Å². The summed E-state index contributed by atoms with van der Waals surface area (Å²) in [4.78, 5) is 27.9. The van der Waals surface area contributed by atoms with Crippen molar-refractivity contribution in [3.05, 3.63) is 56.9 Å². The molecule has 2 aliphatic heterocycles. The van der Waals surface area contributed by atoms with Gasteiger partial charge in [0.05, 0.1) is 24.5 Å². The number of carbonyl (C=O) groups is 2. The van der Waals surface area contributed by atoms with Crippen LogP contribution in [0.3, 0.4) is 0 Å². The van der Waals surface area contributed by atoms with E-state index in [1.165, 1.54) is 4.90 Å². The van der Waals surface area contributed by atoms with E-state index in [1.807, 2.05) is 24.3 Å². The van der Waals surface area contributed by atoms with Crippen molar-refractivity contribution >= 4 is 69.5 Å². The fourth-order valence-corrected chi connectivity index (χ4v) is 5.65. The van der Waals surface area contributed by atoms with Crippen LogP contribution in [-0.2, 0) is 14.3 Å². The number of benzene rings is 2. The van der Waals surface area contributed by atoms with Gasteiger partial charge in [-0.15, -0.1) is 0 Å². The predicted octanol–water partition coefficient (Wildman–Crippen LogP) is 5.05. The van der Waals surface area contributed by atoms with E-state index in [1.54, 1.807) is 18.2 Å². The number of ether oxygens (including phenoxy) is 2. The van der Waals surface area contributed by atoms with Gasteiger partial charge in [0.1, 0.15) is 16.7 Å². The van der Waals surface area contributed by atoms with Gasteiger partial charge in [0, 0.05) is 47.4 Å². The first-order valence-corrected chi connectivity index (χ1v) is 13.3. The van der Waals surface area contributed by atoms with Gasteiger partial charge in [-0.05, 0) is 35.9 Å². The van der Waals surface area contributed by atoms with Crippen molar-refractivity contribution in [3.8, 4) is 16.9 Å². The lowest BCUT2D eigenvalue weighted by Crippen LogP contribution is -2.38. The summed E-state index contributed by atoms with van der Waals surface area (Å²) in [7, 11) is 0. The zero-order valence-electron chi connectivity index (χ0n) is 19.2. The number of carbonyl (C=O) groups excluding carboxylic acids is 1. The van der Waals surface area contributed by atoms with Crippen LogP contribution in [0.1, 0.15) is 12.0 Å². The van der Waals surface area contributed by atoms with Crippen LogP contribution in [0.2, 0.25) is 10.0 Å². The molecular formula is C25H24Cl2N2O5S2. The van der Waals surface area contributed by atoms with E-state index >= 15 is 0 Å². The largest absolute Gasteiger partial charge is 0.492 e. The van der Waals surface area contributed by atoms with Gasteiger partial charge in [0.2, 0.25) is 0 Å². The average molecular weight is 568 g/mol. The lowest BCUT2D eigenvalue weighted by atomic mass is 10.0. The van der Waals surface area contributed by atoms with Crippen molar-refractivity contribution in [3.63, 3.8) is 0 Å². The van der Waals surface area contributed by atoms with Crippen LogP contribution >= 0.6 is 47.2 Å². The smallest absolute Gasteiger partial charge is 0.305 e. The van der Waals surface area contributed by atoms with Gasteiger partial charge in [0.25, 0.3) is 5.91 Å². The van der Waals surface area contributed by atoms with E-state index in [9.17, 15) is 9.59 Å². The lowest BCUT2D eigenvalue weighted by molar-refractivity contribution is -0.137. The number of hydrogen-bond donors (Lipinski definition) is 1. The highest BCUT2D eigenvalue weighted by molar-refractivity contribution is 8.26. The van der Waals surface area contributed by atoms with Gasteiger partial charge in [-0.1, -0.05) is 59.3 Å². The maximum absolute atomic E-state index is 13.0. The Morgan fingerprint density at radius 2 is 1.94 bits per heavy atom. The maximum Gasteiger partial charge on any atom is 0.305 e. The molecule has 2 aliphatic rings. The Morgan fingerprint density at radius 3 is 2.67 bits per heavy atom. The molecule has 0 bridgehead atoms. The summed E-state index contributed by atoms with van der Waals surface area (Å²) in [5, 5.41) is 10.0. The van der Waals surface area contributed by atoms with Crippen molar-refractivity contribution in [1.82, 2.24) is 9.80 Å². The minimum atomic E-state index is -0.989. The van der Waals surface area contributed by atoms with Crippen LogP contribution in [-0.4, -0.2) is 77.1 Å². The number of amides is 1. The number of rotatable bonds is 9. The Hall–Kier alpha value is -2.14. The monoisotopic (exact) mass is 566 g/mol. The number of thioether (sulfide) groups is 1. The normalized spacial score (nSPS) is 17.7. The standard InChI is InChI=1S/C25H24Cl2N2O5S2/c26-18-2-3-19(20(27)15-18)16-1-4-21(34-12-9-28-7-10-33-11-8-28)17(13-16)14-22-24(32)29(25(35)36-22)6-5-23(30)31/h1-4,13-15H,5-12H2,(H,30,31). The first-order valence-electron chi connectivity index (χ1n) is 11.3. The second-order valence-electron chi connectivity index (χ2n) is 8.16. The van der Waals surface area contributed by atoms with E-state index in [2.05, 4.69) is 4.90 Å². The van der Waals surface area contributed by atoms with Gasteiger partial charge in [-0.2, -0.15) is 0 Å². The molecule has 2 aromatic rings. The number of carboxylic acids is 1. The number of thiocarbonyl (C=S) groups is 1. The molecule has 11 heteroatoms. The summed E-state index contributed by atoms with van der Waals surface area (Å²) >= 11 is 19.0. The fraction of sp³-hybridized carbons (Fsp3) is 0.320. The Labute approximate surface area is 228 Å². The lowest BCUT2D eigenvalue weighted by Gasteiger charge is -2.26. The second kappa shape index (κ2) is 12.4. The van der Waals surface area contributed by atoms with Crippen LogP contribution in [0.25, 0.3) is 17.2 Å². The molecule has 0 unspecified atom stereocenters. The summed E-state index contributed by atoms with van der Waals surface area (Å²) in [6.45, 7) is 4.41. The van der Waals surface area contributed by atoms with Crippen LogP contribution in [0.15, 0.2) is 41.3 Å². The molecule has 7 nitrogen and oxygen atoms in total. The molecule has 36 heavy (non-hydrogen) atoms. The van der Waals surface area contributed by atoms with Crippen molar-refractivity contribution in [2.24, 2.45) is 0 Å². The van der Waals surface area contributed by atoms with Gasteiger partial charge >= 0.3 is 5.97 Å². The molecule has 2 aromatic carbocycles. The molecular weight excluding hydrogens is 543 g/mol. The number of halogens is 2. The van der Waals surface area contributed by atoms with Crippen LogP contribution in [0.4, 0.5) is 0 Å². The Morgan fingerprint density at radius 1 is 1.17 bits per heavy atom. The maximum atomic E-state index is 13.0. The Balaban J connectivity index is 1.61. The molecule has 0 atom stereocenters. The van der Waals surface area contributed by atoms with Crippen molar-refractivity contribution in [2.75, 3.05) is 46.0 Å². The van der Waals surface area contributed by atoms with E-state index in [0.29, 0.717) is 50.4 Å². The van der Waals surface area contributed by atoms with Gasteiger partial charge in [-0.3, -0.25) is 19.4 Å². The second-order valence-corrected chi connectivity index (χ2v) is 10.7. The van der Waals surface area contributed by atoms with Crippen molar-refractivity contribution in [2.45, 2.75) is 6.42 Å². The van der Waals surface area contributed by atoms with E-state index in [-0.39, 0.29) is 18.9 Å². The third kappa shape index (κ3) is 6.79. The van der Waals surface area contributed by atoms with Gasteiger partial charge in [-0.25, -0.2) is 0 Å². The van der Waals surface area contributed by atoms with Crippen LogP contribution < -0.4 is 4.74 Å². The minimum Gasteiger partial charge on any atom is -0.492 e. The molecule has 2 heterocycles. The third-order valence-corrected chi connectivity index (χ3v) is 7.66. The van der Waals surface area contributed by atoms with Crippen LogP contribution in [0.5, 0.6) is 5.75 Å². The number of hydrogen-bond acceptors (Lipinski definition) is 7. The Kier molecular flexibility index (Phi) is 9.27. The molecule has 4 rings (SSSR count). The Bertz CT molecular complexity index is 1200. The van der Waals surface area contributed by atoms with Crippen LogP contribution in [0, 0.1) is 0 Å². The molecule has 0 aromatic heterocycles. The third-order valence-electron chi connectivity index (χ3n) is 5.73. The highest BCUT2D eigenvalue weighted by Gasteiger charge is 2.32. The molecule has 1 amide bonds. The molecule has 2 saturated heterocycles. The molecule has 0 saturated carbocycles. The summed E-state index contributed by atoms with van der Waals surface area (Å²) in [5.41, 5.74) is 2.33. The molecule has 0 radical (unpaired) electrons. The number of morpholine rings is 1. The van der Waals surface area contributed by atoms with E-state index < -0.39 is 5.97 Å². The highest BCUT2D eigenvalue weighted by atomic mass is 35.5. The first-order chi connectivity index (χ1) is 17.3.